The number of fused-ring (bicyclic) bond motifs is 5. The maximum atomic E-state index is 14.4. The van der Waals surface area contributed by atoms with Gasteiger partial charge in [0.1, 0.15) is 29.0 Å². The van der Waals surface area contributed by atoms with E-state index >= 15 is 0 Å². The van der Waals surface area contributed by atoms with Crippen molar-refractivity contribution >= 4 is 80.7 Å². The predicted octanol–water partition coefficient (Wildman–Crippen LogP) is 10.2. The van der Waals surface area contributed by atoms with Gasteiger partial charge in [0.25, 0.3) is 5.91 Å². The molecule has 19 heteroatoms. The Kier molecular flexibility index (Phi) is 14.2. The van der Waals surface area contributed by atoms with Gasteiger partial charge in [-0.05, 0) is 122 Å². The second-order valence-corrected chi connectivity index (χ2v) is 22.9. The first-order chi connectivity index (χ1) is 35.9. The van der Waals surface area contributed by atoms with Crippen LogP contribution in [-0.4, -0.2) is 83.8 Å². The largest absolute Gasteiger partial charge is 0.391 e. The average molecular weight is 1060 g/mol. The highest BCUT2D eigenvalue weighted by atomic mass is 35.5. The van der Waals surface area contributed by atoms with E-state index in [9.17, 15) is 24.3 Å². The second-order valence-electron chi connectivity index (χ2n) is 20.4. The van der Waals surface area contributed by atoms with E-state index in [-0.39, 0.29) is 37.7 Å². The minimum atomic E-state index is -1.03. The molecule has 4 aromatic carbocycles. The van der Waals surface area contributed by atoms with Crippen LogP contribution in [0.1, 0.15) is 106 Å². The number of nitrogens with zero attached hydrogens (tertiary/aromatic N) is 8. The molecule has 7 aromatic rings. The van der Waals surface area contributed by atoms with Gasteiger partial charge in [-0.15, -0.1) is 32.9 Å². The zero-order valence-corrected chi connectivity index (χ0v) is 45.0. The van der Waals surface area contributed by atoms with Gasteiger partial charge in [-0.3, -0.25) is 28.7 Å². The van der Waals surface area contributed by atoms with E-state index in [1.54, 1.807) is 46.9 Å². The molecular weight excluding hydrogens is 1010 g/mol. The minimum Gasteiger partial charge on any atom is -0.391 e. The zero-order chi connectivity index (χ0) is 52.9. The molecule has 0 radical (unpaired) electrons. The van der Waals surface area contributed by atoms with Crippen LogP contribution in [-0.2, 0) is 33.8 Å². The zero-order valence-electron chi connectivity index (χ0n) is 42.6. The fraction of sp³-hybridized carbons (Fsp3) is 0.321. The van der Waals surface area contributed by atoms with E-state index in [0.29, 0.717) is 52.1 Å². The number of aliphatic hydroxyl groups is 1. The van der Waals surface area contributed by atoms with Gasteiger partial charge in [-0.25, -0.2) is 4.98 Å². The Balaban J connectivity index is 0.807. The number of β-amino-alcohol motifs (C(OH)–C–C–N with tert-alkyl or cyclic N) is 1. The third-order valence-electron chi connectivity index (χ3n) is 14.1. The van der Waals surface area contributed by atoms with Crippen LogP contribution < -0.4 is 16.0 Å². The lowest BCUT2D eigenvalue weighted by Gasteiger charge is -2.35. The molecule has 10 rings (SSSR count). The smallest absolute Gasteiger partial charge is 0.251 e. The number of aryl methyl sites for hydroxylation is 5. The van der Waals surface area contributed by atoms with Gasteiger partial charge >= 0.3 is 0 Å². The molecule has 3 aromatic heterocycles. The van der Waals surface area contributed by atoms with E-state index in [2.05, 4.69) is 55.2 Å². The highest BCUT2D eigenvalue weighted by molar-refractivity contribution is 7.15. The van der Waals surface area contributed by atoms with Crippen LogP contribution in [0.15, 0.2) is 106 Å². The lowest BCUT2D eigenvalue weighted by molar-refractivity contribution is -0.142. The number of amides is 4. The van der Waals surface area contributed by atoms with Crippen molar-refractivity contribution in [2.45, 2.75) is 105 Å². The SMILES string of the molecule is Cc1ncsc1-c1ccc(CNC(=O)[C@@H]2C[C@@H](O)CN2C(=O)[C@@H](NC(=O)c2ccc3c(c2)CCc2cc(NC(=O)C[C@@H]4N=C(c5ccc(Cl)cc5)c5c(sc(C)c5C)-n5c(C)nnc54)ccc2N=N3)C(C)(C)C)cc1. The number of carbonyl (C=O) groups is 4. The highest BCUT2D eigenvalue weighted by Gasteiger charge is 2.45. The molecule has 384 valence electrons. The Morgan fingerprint density at radius 2 is 1.56 bits per heavy atom. The normalized spacial score (nSPS) is 17.3. The van der Waals surface area contributed by atoms with E-state index < -0.39 is 41.5 Å². The quantitative estimate of drug-likeness (QED) is 0.0978. The van der Waals surface area contributed by atoms with Crippen LogP contribution in [0.25, 0.3) is 15.4 Å². The molecule has 3 aliphatic heterocycles. The summed E-state index contributed by atoms with van der Waals surface area (Å²) in [5, 5.41) is 39.5. The van der Waals surface area contributed by atoms with Gasteiger partial charge in [-0.1, -0.05) is 68.8 Å². The molecule has 4 N–H and O–H groups in total. The Labute approximate surface area is 447 Å². The number of azo groups is 1. The van der Waals surface area contributed by atoms with Gasteiger partial charge in [-0.2, -0.15) is 10.2 Å². The second kappa shape index (κ2) is 20.8. The van der Waals surface area contributed by atoms with Crippen LogP contribution in [0.4, 0.5) is 17.1 Å². The number of thiophene rings is 1. The standard InChI is InChI=1S/C56H56ClN11O5S2/c1-29-31(3)75-55-47(29)48(34-14-17-39(57)18-15-34)61-44(51-66-63-32(4)68(51)55)25-46(70)60-40-19-21-43-37(23-40)13-12-36-22-38(16-20-42(36)64-65-43)52(71)62-50(56(5,6)7)54(73)67-27-41(69)24-45(67)53(72)58-26-33-8-10-35(11-9-33)49-30(2)59-28-74-49/h8-11,14-23,28,41,44-45,50,69H,12-13,24-27H2,1-7H3,(H,58,72)(H,60,70)(H,62,71)/t41-,44+,45+,50-/m1/s1. The molecular formula is C56H56ClN11O5S2. The third-order valence-corrected chi connectivity index (χ3v) is 16.5. The molecule has 0 spiro atoms. The van der Waals surface area contributed by atoms with Crippen LogP contribution in [0, 0.1) is 33.1 Å². The van der Waals surface area contributed by atoms with E-state index in [1.165, 1.54) is 4.90 Å². The summed E-state index contributed by atoms with van der Waals surface area (Å²) in [6.45, 7) is 13.8. The lowest BCUT2D eigenvalue weighted by Crippen LogP contribution is -2.57. The van der Waals surface area contributed by atoms with Crippen molar-refractivity contribution in [1.29, 1.82) is 0 Å². The third kappa shape index (κ3) is 10.6. The summed E-state index contributed by atoms with van der Waals surface area (Å²) in [6.07, 6.45) is 0.198. The topological polar surface area (TPSA) is 209 Å². The molecule has 0 bridgehead atoms. The lowest BCUT2D eigenvalue weighted by atomic mass is 9.85. The molecule has 1 fully saturated rings. The monoisotopic (exact) mass is 1060 g/mol. The maximum Gasteiger partial charge on any atom is 0.251 e. The number of carbonyl (C=O) groups excluding carboxylic acids is 4. The Morgan fingerprint density at radius 1 is 0.867 bits per heavy atom. The number of benzene rings is 4. The first-order valence-corrected chi connectivity index (χ1v) is 26.9. The predicted molar refractivity (Wildman–Crippen MR) is 292 cm³/mol. The van der Waals surface area contributed by atoms with E-state index in [0.717, 1.165) is 65.1 Å². The number of thiazole rings is 1. The highest BCUT2D eigenvalue weighted by Crippen LogP contribution is 2.40. The van der Waals surface area contributed by atoms with Crippen molar-refractivity contribution in [3.05, 3.63) is 157 Å². The summed E-state index contributed by atoms with van der Waals surface area (Å²) in [6, 6.07) is 23.5. The maximum absolute atomic E-state index is 14.4. The molecule has 6 heterocycles. The molecule has 0 unspecified atom stereocenters. The van der Waals surface area contributed by atoms with Crippen molar-refractivity contribution < 1.29 is 24.3 Å². The summed E-state index contributed by atoms with van der Waals surface area (Å²) in [5.74, 6) is -0.289. The number of hydrogen-bond acceptors (Lipinski definition) is 13. The van der Waals surface area contributed by atoms with Gasteiger partial charge in [0, 0.05) is 51.8 Å². The molecule has 75 heavy (non-hydrogen) atoms. The molecule has 3 aliphatic rings. The molecule has 0 aliphatic carbocycles. The summed E-state index contributed by atoms with van der Waals surface area (Å²) in [7, 11) is 0. The molecule has 4 amide bonds. The Bertz CT molecular complexity index is 3450. The summed E-state index contributed by atoms with van der Waals surface area (Å²) >= 11 is 9.52. The number of aliphatic hydroxyl groups excluding tert-OH is 1. The fourth-order valence-corrected chi connectivity index (χ4v) is 12.0. The van der Waals surface area contributed by atoms with Gasteiger partial charge < -0.3 is 26.0 Å². The average Bonchev–Trinajstić information content (AvgIpc) is 4.16. The molecule has 0 saturated carbocycles. The van der Waals surface area contributed by atoms with Gasteiger partial charge in [0.15, 0.2) is 5.82 Å². The Hall–Kier alpha value is -7.25. The number of rotatable bonds is 11. The number of hydrogen-bond donors (Lipinski definition) is 4. The minimum absolute atomic E-state index is 0.000360. The van der Waals surface area contributed by atoms with Gasteiger partial charge in [0.2, 0.25) is 17.7 Å². The first kappa shape index (κ1) is 51.2. The Morgan fingerprint density at radius 3 is 2.25 bits per heavy atom. The number of likely N-dealkylation sites (tertiary alicyclic amines) is 1. The van der Waals surface area contributed by atoms with Crippen LogP contribution >= 0.6 is 34.3 Å². The number of nitrogens with one attached hydrogen (secondary N) is 3. The van der Waals surface area contributed by atoms with Crippen molar-refractivity contribution in [3.63, 3.8) is 0 Å². The van der Waals surface area contributed by atoms with Crippen LogP contribution in [0.5, 0.6) is 0 Å². The van der Waals surface area contributed by atoms with E-state index in [4.69, 9.17) is 16.6 Å². The van der Waals surface area contributed by atoms with Crippen molar-refractivity contribution in [2.24, 2.45) is 20.6 Å². The number of aliphatic imine (C=N–C) groups is 1. The van der Waals surface area contributed by atoms with Crippen molar-refractivity contribution in [2.75, 3.05) is 11.9 Å². The molecule has 4 atom stereocenters. The first-order valence-electron chi connectivity index (χ1n) is 24.8. The van der Waals surface area contributed by atoms with Crippen LogP contribution in [0.3, 0.4) is 0 Å². The summed E-state index contributed by atoms with van der Waals surface area (Å²) in [5.41, 5.74) is 11.5. The van der Waals surface area contributed by atoms with Crippen molar-refractivity contribution in [3.8, 4) is 15.4 Å². The van der Waals surface area contributed by atoms with Crippen molar-refractivity contribution in [1.82, 2.24) is 35.3 Å². The van der Waals surface area contributed by atoms with Gasteiger partial charge in [0.05, 0.1) is 45.7 Å². The number of anilines is 1. The van der Waals surface area contributed by atoms with E-state index in [1.807, 2.05) is 105 Å². The summed E-state index contributed by atoms with van der Waals surface area (Å²) < 4.78 is 2.02. The molecule has 16 nitrogen and oxygen atoms in total. The molecule has 1 saturated heterocycles. The fourth-order valence-electron chi connectivity index (χ4n) is 9.88. The number of aromatic nitrogens is 4. The number of halogens is 1. The summed E-state index contributed by atoms with van der Waals surface area (Å²) in [4.78, 5) is 69.5. The van der Waals surface area contributed by atoms with Crippen LogP contribution in [0.2, 0.25) is 5.02 Å².